The second-order valence-corrected chi connectivity index (χ2v) is 30.4. The standard InChI is InChI=1S/C15H13F3N4.4ClH.2H2O.Sn/c1-2-21-12-7-11(22-13(8-19)14(12)20)9-4-3-5-10(6-9)15(16,17)18;;;;;;;/h3-7H,2,20H2,1H3,(H,21,22);4*1H;2*1H2;/q;;;;;;;+4/p-4. The number of rotatable bonds is 3. The molecule has 7 N–H and O–H groups in total. The van der Waals surface area contributed by atoms with Crippen molar-refractivity contribution >= 4 is 60.9 Å². The molecule has 0 bridgehead atoms. The van der Waals surface area contributed by atoms with Gasteiger partial charge in [0.25, 0.3) is 0 Å². The van der Waals surface area contributed by atoms with Gasteiger partial charge in [-0.25, -0.2) is 4.98 Å². The van der Waals surface area contributed by atoms with Crippen LogP contribution in [0.15, 0.2) is 30.3 Å². The Kier molecular flexibility index (Phi) is 13.3. The van der Waals surface area contributed by atoms with Gasteiger partial charge < -0.3 is 22.0 Å². The number of hydrogen-bond acceptors (Lipinski definition) is 4. The third kappa shape index (κ3) is 10.6. The Labute approximate surface area is 184 Å². The average molecular weight is 603 g/mol. The van der Waals surface area contributed by atoms with Crippen LogP contribution in [0.5, 0.6) is 0 Å². The third-order valence-electron chi connectivity index (χ3n) is 3.02. The molecule has 2 aromatic rings. The summed E-state index contributed by atoms with van der Waals surface area (Å²) in [6.45, 7) is 2.40. The molecule has 0 aliphatic carbocycles. The van der Waals surface area contributed by atoms with Crippen molar-refractivity contribution < 1.29 is 24.1 Å². The molecule has 162 valence electrons. The zero-order chi connectivity index (χ0) is 20.8. The van der Waals surface area contributed by atoms with Crippen LogP contribution in [0.1, 0.15) is 18.2 Å². The molecule has 0 fully saturated rings. The van der Waals surface area contributed by atoms with Crippen LogP contribution in [0.2, 0.25) is 0 Å². The fourth-order valence-electron chi connectivity index (χ4n) is 1.98. The van der Waals surface area contributed by atoms with E-state index in [4.69, 9.17) is 46.7 Å². The van der Waals surface area contributed by atoms with Gasteiger partial charge >= 0.3 is 55.7 Å². The van der Waals surface area contributed by atoms with E-state index >= 15 is 0 Å². The molecular formula is C15H17Cl4F3N4O2Sn. The Morgan fingerprint density at radius 2 is 1.72 bits per heavy atom. The molecule has 1 heterocycles. The summed E-state index contributed by atoms with van der Waals surface area (Å²) in [6, 6.07) is 8.17. The Balaban J connectivity index is 0. The van der Waals surface area contributed by atoms with E-state index in [0.29, 0.717) is 12.2 Å². The second kappa shape index (κ2) is 12.7. The molecule has 1 aromatic heterocycles. The van der Waals surface area contributed by atoms with Crippen LogP contribution < -0.4 is 11.1 Å². The van der Waals surface area contributed by atoms with Gasteiger partial charge in [-0.2, -0.15) is 18.4 Å². The Morgan fingerprint density at radius 1 is 1.17 bits per heavy atom. The number of nitrogen functional groups attached to an aromatic ring is 1. The van der Waals surface area contributed by atoms with Gasteiger partial charge in [-0.3, -0.25) is 0 Å². The van der Waals surface area contributed by atoms with Crippen LogP contribution >= 0.6 is 35.7 Å². The molecule has 0 unspecified atom stereocenters. The minimum atomic E-state index is -4.44. The molecule has 0 saturated carbocycles. The summed E-state index contributed by atoms with van der Waals surface area (Å²) in [5.41, 5.74) is 6.19. The first-order valence-electron chi connectivity index (χ1n) is 7.24. The number of nitrogens with two attached hydrogens (primary N) is 1. The monoisotopic (exact) mass is 602 g/mol. The van der Waals surface area contributed by atoms with Crippen LogP contribution in [0.25, 0.3) is 11.3 Å². The Bertz CT molecular complexity index is 840. The summed E-state index contributed by atoms with van der Waals surface area (Å²) in [5, 5.41) is 12.0. The van der Waals surface area contributed by atoms with Crippen molar-refractivity contribution in [1.29, 1.82) is 5.26 Å². The van der Waals surface area contributed by atoms with Crippen LogP contribution in [0.3, 0.4) is 0 Å². The summed E-state index contributed by atoms with van der Waals surface area (Å²) in [7, 11) is 20.1. The Hall–Kier alpha value is -0.871. The first-order chi connectivity index (χ1) is 12.4. The topological polar surface area (TPSA) is 138 Å². The van der Waals surface area contributed by atoms with Crippen molar-refractivity contribution in [1.82, 2.24) is 4.98 Å². The summed E-state index contributed by atoms with van der Waals surface area (Å²) in [5.74, 6) is 0. The molecule has 0 atom stereocenters. The maximum atomic E-state index is 12.8. The predicted molar refractivity (Wildman–Crippen MR) is 114 cm³/mol. The van der Waals surface area contributed by atoms with Crippen molar-refractivity contribution in [3.05, 3.63) is 41.6 Å². The molecule has 0 amide bonds. The molecular weight excluding hydrogens is 586 g/mol. The van der Waals surface area contributed by atoms with E-state index in [1.54, 1.807) is 0 Å². The van der Waals surface area contributed by atoms with E-state index < -0.39 is 25.6 Å². The van der Waals surface area contributed by atoms with E-state index in [1.807, 2.05) is 13.0 Å². The molecule has 14 heteroatoms. The van der Waals surface area contributed by atoms with Crippen molar-refractivity contribution in [2.24, 2.45) is 0 Å². The van der Waals surface area contributed by atoms with Gasteiger partial charge in [0.2, 0.25) is 0 Å². The van der Waals surface area contributed by atoms with Crippen LogP contribution in [0.4, 0.5) is 24.5 Å². The summed E-state index contributed by atoms with van der Waals surface area (Å²) >= 11 is -3.29. The molecule has 0 aliphatic heterocycles. The number of hydrogen-bond donors (Lipinski definition) is 2. The van der Waals surface area contributed by atoms with Gasteiger partial charge in [-0.05, 0) is 25.1 Å². The van der Waals surface area contributed by atoms with E-state index in [9.17, 15) is 13.2 Å². The number of anilines is 2. The third-order valence-corrected chi connectivity index (χ3v) is 3.02. The van der Waals surface area contributed by atoms with Gasteiger partial charge in [-0.15, -0.1) is 0 Å². The summed E-state index contributed by atoms with van der Waals surface area (Å²) in [6.07, 6.45) is -4.44. The number of nitrogens with zero attached hydrogens (tertiary/aromatic N) is 2. The number of aromatic nitrogens is 1. The number of alkyl halides is 3. The maximum absolute atomic E-state index is 12.8. The van der Waals surface area contributed by atoms with E-state index in [0.717, 1.165) is 12.1 Å². The van der Waals surface area contributed by atoms with Gasteiger partial charge in [0.05, 0.1) is 22.6 Å². The van der Waals surface area contributed by atoms with E-state index in [1.165, 1.54) is 18.2 Å². The fraction of sp³-hybridized carbons (Fsp3) is 0.200. The second-order valence-electron chi connectivity index (χ2n) is 4.97. The molecule has 0 aliphatic rings. The van der Waals surface area contributed by atoms with E-state index in [-0.39, 0.29) is 33.6 Å². The Morgan fingerprint density at radius 3 is 2.17 bits per heavy atom. The zero-order valence-corrected chi connectivity index (χ0v) is 20.6. The number of nitrogens with one attached hydrogen (secondary N) is 1. The van der Waals surface area contributed by atoms with Crippen molar-refractivity contribution in [2.75, 3.05) is 17.6 Å². The van der Waals surface area contributed by atoms with E-state index in [2.05, 4.69) is 10.3 Å². The van der Waals surface area contributed by atoms with Crippen LogP contribution in [0, 0.1) is 11.3 Å². The van der Waals surface area contributed by atoms with Crippen LogP contribution in [-0.2, 0) is 6.18 Å². The molecule has 0 saturated heterocycles. The predicted octanol–water partition coefficient (Wildman–Crippen LogP) is 4.38. The van der Waals surface area contributed by atoms with Gasteiger partial charge in [0, 0.05) is 12.1 Å². The first kappa shape index (κ1) is 30.3. The normalized spacial score (nSPS) is 10.4. The number of benzene rings is 1. The van der Waals surface area contributed by atoms with Crippen LogP contribution in [-0.4, -0.2) is 36.4 Å². The molecule has 0 radical (unpaired) electrons. The minimum absolute atomic E-state index is 0. The summed E-state index contributed by atoms with van der Waals surface area (Å²) < 4.78 is 38.4. The van der Waals surface area contributed by atoms with Crippen molar-refractivity contribution in [2.45, 2.75) is 13.1 Å². The SMILES string of the molecule is CCNc1cc(-c2cccc(C(F)(F)F)c2)nc(C#N)c1N.O.O.[Cl][Sn]([Cl])([Cl])[Cl]. The molecule has 6 nitrogen and oxygen atoms in total. The number of pyridine rings is 1. The van der Waals surface area contributed by atoms with Gasteiger partial charge in [0.15, 0.2) is 5.69 Å². The molecule has 0 spiro atoms. The van der Waals surface area contributed by atoms with Gasteiger partial charge in [0.1, 0.15) is 6.07 Å². The number of nitriles is 1. The quantitative estimate of drug-likeness (QED) is 0.504. The molecule has 1 aromatic carbocycles. The van der Waals surface area contributed by atoms with Gasteiger partial charge in [-0.1, -0.05) is 12.1 Å². The van der Waals surface area contributed by atoms with Crippen molar-refractivity contribution in [3.63, 3.8) is 0 Å². The average Bonchev–Trinajstić information content (AvgIpc) is 2.55. The van der Waals surface area contributed by atoms with Crippen molar-refractivity contribution in [3.8, 4) is 17.3 Å². The zero-order valence-electron chi connectivity index (χ0n) is 14.7. The fourth-order valence-corrected chi connectivity index (χ4v) is 1.98. The summed E-state index contributed by atoms with van der Waals surface area (Å²) in [4.78, 5) is 4.03. The molecule has 2 rings (SSSR count). The number of halogens is 7. The molecule has 29 heavy (non-hydrogen) atoms. The first-order valence-corrected chi connectivity index (χ1v) is 21.7.